The molecule has 0 aliphatic carbocycles. The van der Waals surface area contributed by atoms with E-state index in [1.807, 2.05) is 31.2 Å². The molecule has 3 rings (SSSR count). The number of rotatable bonds is 1. The van der Waals surface area contributed by atoms with Crippen molar-refractivity contribution in [1.29, 1.82) is 0 Å². The second-order valence-electron chi connectivity index (χ2n) is 4.21. The van der Waals surface area contributed by atoms with Crippen molar-refractivity contribution in [2.24, 2.45) is 0 Å². The van der Waals surface area contributed by atoms with E-state index in [1.54, 1.807) is 6.07 Å². The van der Waals surface area contributed by atoms with Crippen molar-refractivity contribution in [1.82, 2.24) is 9.55 Å². The molecule has 3 nitrogen and oxygen atoms in total. The fourth-order valence-electron chi connectivity index (χ4n) is 2.13. The zero-order chi connectivity index (χ0) is 12.7. The van der Waals surface area contributed by atoms with Crippen LogP contribution in [0.4, 0.5) is 4.39 Å². The number of fused-ring (bicyclic) bond motifs is 1. The predicted molar refractivity (Wildman–Crippen MR) is 68.6 cm³/mol. The van der Waals surface area contributed by atoms with Gasteiger partial charge in [-0.25, -0.2) is 9.18 Å². The molecule has 90 valence electrons. The normalized spacial score (nSPS) is 11.0. The number of aryl methyl sites for hydroxylation is 1. The Morgan fingerprint density at radius 1 is 1.17 bits per heavy atom. The minimum Gasteiger partial charge on any atom is -0.305 e. The number of hydrogen-bond donors (Lipinski definition) is 1. The maximum absolute atomic E-state index is 13.3. The molecule has 1 N–H and O–H groups in total. The molecule has 0 atom stereocenters. The van der Waals surface area contributed by atoms with Crippen molar-refractivity contribution in [2.45, 2.75) is 6.92 Å². The van der Waals surface area contributed by atoms with Crippen LogP contribution in [0.3, 0.4) is 0 Å². The first-order valence-corrected chi connectivity index (χ1v) is 5.63. The highest BCUT2D eigenvalue weighted by Gasteiger charge is 2.10. The monoisotopic (exact) mass is 242 g/mol. The SMILES string of the molecule is Cc1ccccc1-n1c(=O)[nH]c2ccc(F)cc21. The number of imidazole rings is 1. The van der Waals surface area contributed by atoms with E-state index >= 15 is 0 Å². The molecule has 0 unspecified atom stereocenters. The Balaban J connectivity index is 2.42. The Bertz CT molecular complexity index is 786. The first-order valence-electron chi connectivity index (χ1n) is 5.63. The van der Waals surface area contributed by atoms with Crippen LogP contribution in [0.5, 0.6) is 0 Å². The highest BCUT2D eigenvalue weighted by molar-refractivity contribution is 5.77. The van der Waals surface area contributed by atoms with Crippen molar-refractivity contribution in [3.05, 3.63) is 64.3 Å². The summed E-state index contributed by atoms with van der Waals surface area (Å²) < 4.78 is 14.8. The van der Waals surface area contributed by atoms with Gasteiger partial charge in [0.1, 0.15) is 5.82 Å². The molecule has 0 radical (unpaired) electrons. The fourth-order valence-corrected chi connectivity index (χ4v) is 2.13. The van der Waals surface area contributed by atoms with E-state index in [2.05, 4.69) is 4.98 Å². The van der Waals surface area contributed by atoms with Gasteiger partial charge < -0.3 is 4.98 Å². The molecule has 18 heavy (non-hydrogen) atoms. The smallest absolute Gasteiger partial charge is 0.305 e. The highest BCUT2D eigenvalue weighted by atomic mass is 19.1. The first kappa shape index (κ1) is 10.8. The summed E-state index contributed by atoms with van der Waals surface area (Å²) in [7, 11) is 0. The molecule has 1 heterocycles. The average Bonchev–Trinajstić information content (AvgIpc) is 2.66. The van der Waals surface area contributed by atoms with Gasteiger partial charge >= 0.3 is 5.69 Å². The molecule has 0 bridgehead atoms. The molecule has 0 fully saturated rings. The van der Waals surface area contributed by atoms with Crippen molar-refractivity contribution < 1.29 is 4.39 Å². The van der Waals surface area contributed by atoms with Gasteiger partial charge in [-0.1, -0.05) is 18.2 Å². The van der Waals surface area contributed by atoms with Gasteiger partial charge in [-0.2, -0.15) is 0 Å². The third-order valence-corrected chi connectivity index (χ3v) is 3.00. The minimum absolute atomic E-state index is 0.259. The molecule has 2 aromatic carbocycles. The number of halogens is 1. The van der Waals surface area contributed by atoms with E-state index in [0.717, 1.165) is 11.3 Å². The molecule has 0 amide bonds. The molecule has 0 aliphatic heterocycles. The van der Waals surface area contributed by atoms with Crippen LogP contribution in [0.25, 0.3) is 16.7 Å². The molecule has 3 aromatic rings. The van der Waals surface area contributed by atoms with Crippen LogP contribution in [-0.4, -0.2) is 9.55 Å². The van der Waals surface area contributed by atoms with Gasteiger partial charge in [0.05, 0.1) is 16.7 Å². The van der Waals surface area contributed by atoms with E-state index in [4.69, 9.17) is 0 Å². The number of benzene rings is 2. The lowest BCUT2D eigenvalue weighted by Crippen LogP contribution is -2.15. The zero-order valence-electron chi connectivity index (χ0n) is 9.77. The van der Waals surface area contributed by atoms with Gasteiger partial charge in [0.15, 0.2) is 0 Å². The average molecular weight is 242 g/mol. The standard InChI is InChI=1S/C14H11FN2O/c1-9-4-2-3-5-12(9)17-13-8-10(15)6-7-11(13)16-14(17)18/h2-8H,1H3,(H,16,18). The maximum Gasteiger partial charge on any atom is 0.331 e. The van der Waals surface area contributed by atoms with E-state index in [0.29, 0.717) is 11.0 Å². The second kappa shape index (κ2) is 3.84. The van der Waals surface area contributed by atoms with Crippen LogP contribution in [-0.2, 0) is 0 Å². The van der Waals surface area contributed by atoms with Gasteiger partial charge in [-0.05, 0) is 30.7 Å². The second-order valence-corrected chi connectivity index (χ2v) is 4.21. The topological polar surface area (TPSA) is 37.8 Å². The fraction of sp³-hybridized carbons (Fsp3) is 0.0714. The molecular formula is C14H11FN2O. The number of aromatic amines is 1. The summed E-state index contributed by atoms with van der Waals surface area (Å²) in [6, 6.07) is 11.8. The number of nitrogens with zero attached hydrogens (tertiary/aromatic N) is 1. The van der Waals surface area contributed by atoms with Crippen LogP contribution < -0.4 is 5.69 Å². The molecule has 0 saturated heterocycles. The number of para-hydroxylation sites is 1. The number of aromatic nitrogens is 2. The van der Waals surface area contributed by atoms with E-state index in [-0.39, 0.29) is 11.5 Å². The molecule has 1 aromatic heterocycles. The number of nitrogens with one attached hydrogen (secondary N) is 1. The highest BCUT2D eigenvalue weighted by Crippen LogP contribution is 2.18. The van der Waals surface area contributed by atoms with Gasteiger partial charge in [-0.15, -0.1) is 0 Å². The van der Waals surface area contributed by atoms with Gasteiger partial charge in [-0.3, -0.25) is 4.57 Å². The van der Waals surface area contributed by atoms with Crippen LogP contribution in [0.1, 0.15) is 5.56 Å². The first-order chi connectivity index (χ1) is 8.66. The Labute approximate surface area is 103 Å². The lowest BCUT2D eigenvalue weighted by Gasteiger charge is -2.06. The van der Waals surface area contributed by atoms with Crippen LogP contribution >= 0.6 is 0 Å². The van der Waals surface area contributed by atoms with Crippen molar-refractivity contribution in [3.8, 4) is 5.69 Å². The summed E-state index contributed by atoms with van der Waals surface area (Å²) in [6.45, 7) is 1.92. The van der Waals surface area contributed by atoms with Crippen molar-refractivity contribution in [2.75, 3.05) is 0 Å². The zero-order valence-corrected chi connectivity index (χ0v) is 9.77. The summed E-state index contributed by atoms with van der Waals surface area (Å²) >= 11 is 0. The van der Waals surface area contributed by atoms with Crippen molar-refractivity contribution >= 4 is 11.0 Å². The van der Waals surface area contributed by atoms with Crippen LogP contribution in [0.2, 0.25) is 0 Å². The molecule has 0 aliphatic rings. The third kappa shape index (κ3) is 1.54. The van der Waals surface area contributed by atoms with E-state index in [9.17, 15) is 9.18 Å². The summed E-state index contributed by atoms with van der Waals surface area (Å²) in [5.74, 6) is -0.358. The third-order valence-electron chi connectivity index (χ3n) is 3.00. The molecule has 0 spiro atoms. The predicted octanol–water partition coefficient (Wildman–Crippen LogP) is 2.77. The van der Waals surface area contributed by atoms with Crippen LogP contribution in [0, 0.1) is 12.7 Å². The largest absolute Gasteiger partial charge is 0.331 e. The summed E-state index contributed by atoms with van der Waals surface area (Å²) in [4.78, 5) is 14.7. The number of hydrogen-bond acceptors (Lipinski definition) is 1. The Kier molecular flexibility index (Phi) is 2.30. The lowest BCUT2D eigenvalue weighted by molar-refractivity contribution is 0.629. The van der Waals surface area contributed by atoms with Crippen LogP contribution in [0.15, 0.2) is 47.3 Å². The Morgan fingerprint density at radius 2 is 1.94 bits per heavy atom. The van der Waals surface area contributed by atoms with E-state index < -0.39 is 0 Å². The summed E-state index contributed by atoms with van der Waals surface area (Å²) in [5.41, 5.74) is 2.65. The Hall–Kier alpha value is -2.36. The van der Waals surface area contributed by atoms with Gasteiger partial charge in [0.2, 0.25) is 0 Å². The summed E-state index contributed by atoms with van der Waals surface area (Å²) in [6.07, 6.45) is 0. The minimum atomic E-state index is -0.358. The van der Waals surface area contributed by atoms with Gasteiger partial charge in [0.25, 0.3) is 0 Å². The maximum atomic E-state index is 13.3. The number of H-pyrrole nitrogens is 1. The Morgan fingerprint density at radius 3 is 2.72 bits per heavy atom. The van der Waals surface area contributed by atoms with E-state index in [1.165, 1.54) is 16.7 Å². The summed E-state index contributed by atoms with van der Waals surface area (Å²) in [5, 5.41) is 0. The van der Waals surface area contributed by atoms with Gasteiger partial charge in [0, 0.05) is 6.07 Å². The van der Waals surface area contributed by atoms with Crippen molar-refractivity contribution in [3.63, 3.8) is 0 Å². The molecular weight excluding hydrogens is 231 g/mol. The quantitative estimate of drug-likeness (QED) is 0.700. The molecule has 0 saturated carbocycles. The molecule has 4 heteroatoms. The lowest BCUT2D eigenvalue weighted by atomic mass is 10.2.